The van der Waals surface area contributed by atoms with Gasteiger partial charge in [-0.3, -0.25) is 28.2 Å². The molecule has 1 aromatic rings. The molecule has 1 aromatic heterocycles. The maximum absolute atomic E-state index is 13.3. The second-order valence-electron chi connectivity index (χ2n) is 8.31. The summed E-state index contributed by atoms with van der Waals surface area (Å²) in [5, 5.41) is 54.9. The average molecular weight is 648 g/mol. The van der Waals surface area contributed by atoms with E-state index in [1.807, 2.05) is 10.3 Å². The van der Waals surface area contributed by atoms with Crippen molar-refractivity contribution >= 4 is 27.8 Å². The van der Waals surface area contributed by atoms with Crippen molar-refractivity contribution in [2.75, 3.05) is 19.8 Å². The Morgan fingerprint density at radius 2 is 1.95 bits per heavy atom. The van der Waals surface area contributed by atoms with E-state index >= 15 is 0 Å². The van der Waals surface area contributed by atoms with Crippen LogP contribution in [0.2, 0.25) is 0 Å². The SMILES string of the molecule is [N-]=[N+]=NCC(=O)N[C@@H](C=O)[C@@H](OP(=O)(OC[C@H]1O[C@@H](n2ccc(=O)[nH]c2=O)[C@H](O)[C@@H]1O)OP(=O)(O)O)[C@H](O)[C@H](O)CO. The minimum atomic E-state index is -5.81. The lowest BCUT2D eigenvalue weighted by atomic mass is 10.0. The number of nitrogens with zero attached hydrogens (tertiary/aromatic N) is 4. The van der Waals surface area contributed by atoms with Crippen molar-refractivity contribution in [1.29, 1.82) is 0 Å². The summed E-state index contributed by atoms with van der Waals surface area (Å²) in [4.78, 5) is 69.7. The van der Waals surface area contributed by atoms with Crippen LogP contribution < -0.4 is 16.6 Å². The van der Waals surface area contributed by atoms with Crippen molar-refractivity contribution in [1.82, 2.24) is 14.9 Å². The van der Waals surface area contributed by atoms with Crippen molar-refractivity contribution < 1.29 is 72.1 Å². The van der Waals surface area contributed by atoms with Gasteiger partial charge in [-0.1, -0.05) is 5.11 Å². The Bertz CT molecular complexity index is 1360. The van der Waals surface area contributed by atoms with Crippen LogP contribution in [0.3, 0.4) is 0 Å². The van der Waals surface area contributed by atoms with Gasteiger partial charge in [0.15, 0.2) is 6.23 Å². The molecule has 1 aliphatic rings. The molecule has 1 unspecified atom stereocenters. The number of aromatic nitrogens is 2. The molecule has 1 saturated heterocycles. The van der Waals surface area contributed by atoms with Gasteiger partial charge in [0.05, 0.1) is 13.2 Å². The molecular weight excluding hydrogens is 622 g/mol. The number of hydrogen-bond donors (Lipinski definition) is 9. The summed E-state index contributed by atoms with van der Waals surface area (Å²) in [7, 11) is -11.6. The monoisotopic (exact) mass is 648 g/mol. The van der Waals surface area contributed by atoms with Crippen LogP contribution in [0, 0.1) is 0 Å². The van der Waals surface area contributed by atoms with Gasteiger partial charge in [-0.15, -0.1) is 0 Å². The number of azide groups is 1. The minimum Gasteiger partial charge on any atom is -0.394 e. The molecule has 0 aromatic carbocycles. The normalized spacial score (nSPS) is 24.9. The van der Waals surface area contributed by atoms with E-state index in [9.17, 15) is 63.6 Å². The molecule has 0 aliphatic carbocycles. The number of carbonyl (C=O) groups excluding carboxylic acids is 2. The van der Waals surface area contributed by atoms with Crippen molar-refractivity contribution in [3.05, 3.63) is 43.5 Å². The van der Waals surface area contributed by atoms with Gasteiger partial charge in [0.25, 0.3) is 5.56 Å². The predicted molar refractivity (Wildman–Crippen MR) is 130 cm³/mol. The van der Waals surface area contributed by atoms with Crippen LogP contribution >= 0.6 is 15.6 Å². The van der Waals surface area contributed by atoms with Gasteiger partial charge in [0.1, 0.15) is 55.5 Å². The Labute approximate surface area is 232 Å². The first-order valence-corrected chi connectivity index (χ1v) is 14.3. The van der Waals surface area contributed by atoms with Gasteiger partial charge < -0.3 is 50.2 Å². The molecule has 1 amide bonds. The molecule has 9 atom stereocenters. The lowest BCUT2D eigenvalue weighted by Crippen LogP contribution is -2.54. The summed E-state index contributed by atoms with van der Waals surface area (Å²) in [6.07, 6.45) is -13.5. The molecule has 1 fully saturated rings. The maximum Gasteiger partial charge on any atom is 0.484 e. The van der Waals surface area contributed by atoms with E-state index in [4.69, 9.17) is 19.3 Å². The molecule has 0 saturated carbocycles. The summed E-state index contributed by atoms with van der Waals surface area (Å²) >= 11 is 0. The van der Waals surface area contributed by atoms with E-state index in [0.717, 1.165) is 12.3 Å². The molecular formula is C17H26N6O17P2. The van der Waals surface area contributed by atoms with Crippen LogP contribution in [0.1, 0.15) is 6.23 Å². The van der Waals surface area contributed by atoms with Crippen LogP contribution in [0.4, 0.5) is 0 Å². The molecule has 42 heavy (non-hydrogen) atoms. The number of ether oxygens (including phenoxy) is 1. The first-order chi connectivity index (χ1) is 19.6. The van der Waals surface area contributed by atoms with E-state index in [1.54, 1.807) is 0 Å². The van der Waals surface area contributed by atoms with Gasteiger partial charge in [-0.2, -0.15) is 4.31 Å². The third-order valence-electron chi connectivity index (χ3n) is 5.34. The molecule has 0 spiro atoms. The molecule has 0 radical (unpaired) electrons. The third kappa shape index (κ3) is 9.59. The van der Waals surface area contributed by atoms with Crippen LogP contribution in [0.15, 0.2) is 27.0 Å². The van der Waals surface area contributed by atoms with E-state index < -0.39 is 101 Å². The Hall–Kier alpha value is -2.85. The number of carbonyl (C=O) groups is 2. The Balaban J connectivity index is 2.36. The predicted octanol–water partition coefficient (Wildman–Crippen LogP) is -4.52. The van der Waals surface area contributed by atoms with Gasteiger partial charge in [-0.05, 0) is 5.53 Å². The van der Waals surface area contributed by atoms with Crippen molar-refractivity contribution in [2.45, 2.75) is 48.9 Å². The Morgan fingerprint density at radius 1 is 1.29 bits per heavy atom. The molecule has 2 heterocycles. The number of aliphatic hydroxyl groups excluding tert-OH is 5. The molecule has 2 rings (SSSR count). The lowest BCUT2D eigenvalue weighted by Gasteiger charge is -2.32. The molecule has 23 nitrogen and oxygen atoms in total. The number of aromatic amines is 1. The number of hydrogen-bond acceptors (Lipinski definition) is 16. The van der Waals surface area contributed by atoms with E-state index in [2.05, 4.69) is 14.3 Å². The van der Waals surface area contributed by atoms with Crippen LogP contribution in [0.25, 0.3) is 10.4 Å². The summed E-state index contributed by atoms with van der Waals surface area (Å²) in [6.45, 7) is -3.31. The number of rotatable bonds is 16. The minimum absolute atomic E-state index is 0.152. The molecule has 25 heteroatoms. The van der Waals surface area contributed by atoms with Gasteiger partial charge in [0.2, 0.25) is 5.91 Å². The van der Waals surface area contributed by atoms with Crippen LogP contribution in [-0.2, 0) is 36.8 Å². The lowest BCUT2D eigenvalue weighted by molar-refractivity contribution is -0.129. The van der Waals surface area contributed by atoms with Crippen LogP contribution in [0.5, 0.6) is 0 Å². The molecule has 236 valence electrons. The van der Waals surface area contributed by atoms with Crippen molar-refractivity contribution in [3.8, 4) is 0 Å². The van der Waals surface area contributed by atoms with Gasteiger partial charge in [-0.25, -0.2) is 13.9 Å². The topological polar surface area (TPSA) is 362 Å². The summed E-state index contributed by atoms with van der Waals surface area (Å²) in [5.41, 5.74) is 6.45. The van der Waals surface area contributed by atoms with Crippen LogP contribution in [-0.4, -0.2) is 119 Å². The Kier molecular flexibility index (Phi) is 12.7. The zero-order chi connectivity index (χ0) is 31.8. The van der Waals surface area contributed by atoms with Crippen molar-refractivity contribution in [2.24, 2.45) is 5.11 Å². The number of nitrogens with one attached hydrogen (secondary N) is 2. The first kappa shape index (κ1) is 35.3. The largest absolute Gasteiger partial charge is 0.484 e. The maximum atomic E-state index is 13.3. The number of phosphoric acid groups is 2. The summed E-state index contributed by atoms with van der Waals surface area (Å²) in [6, 6.07) is -1.24. The highest BCUT2D eigenvalue weighted by atomic mass is 31.3. The fourth-order valence-electron chi connectivity index (χ4n) is 3.43. The fourth-order valence-corrected chi connectivity index (χ4v) is 5.76. The summed E-state index contributed by atoms with van der Waals surface area (Å²) < 4.78 is 44.6. The van der Waals surface area contributed by atoms with E-state index in [0.29, 0.717) is 4.57 Å². The number of aliphatic hydroxyl groups is 5. The first-order valence-electron chi connectivity index (χ1n) is 11.3. The number of amides is 1. The number of phosphoric ester groups is 1. The van der Waals surface area contributed by atoms with E-state index in [1.165, 1.54) is 0 Å². The molecule has 1 aliphatic heterocycles. The standard InChI is InChI=1S/C17H26N6O17P2/c18-22-19-3-11(28)20-7(4-24)15(12(29)8(26)5-25)39-42(36,40-41(33,34)35)37-6-9-13(30)14(31)16(38-9)23-2-1-10(27)21-17(23)32/h1-2,4,7-9,12-16,25-26,29-31H,3,5-6H2,(H,20,28)(H,21,27,32)(H2,33,34,35)/t7-,8+,9+,12+,13+,14+,15+,16+,42?/m0/s1. The highest BCUT2D eigenvalue weighted by Gasteiger charge is 2.48. The van der Waals surface area contributed by atoms with Gasteiger partial charge >= 0.3 is 21.3 Å². The van der Waals surface area contributed by atoms with Crippen molar-refractivity contribution in [3.63, 3.8) is 0 Å². The van der Waals surface area contributed by atoms with E-state index in [-0.39, 0.29) is 6.29 Å². The quantitative estimate of drug-likeness (QED) is 0.0268. The average Bonchev–Trinajstić information content (AvgIpc) is 3.19. The Morgan fingerprint density at radius 3 is 2.50 bits per heavy atom. The summed E-state index contributed by atoms with van der Waals surface area (Å²) in [5.74, 6) is -1.18. The second-order valence-corrected chi connectivity index (χ2v) is 11.3. The van der Waals surface area contributed by atoms with Gasteiger partial charge in [0, 0.05) is 17.2 Å². The molecule has 0 bridgehead atoms. The smallest absolute Gasteiger partial charge is 0.394 e. The zero-order valence-electron chi connectivity index (χ0n) is 20.9. The molecule has 9 N–H and O–H groups in total. The third-order valence-corrected chi connectivity index (χ3v) is 7.96. The number of H-pyrrole nitrogens is 1. The fraction of sp³-hybridized carbons (Fsp3) is 0.647. The highest BCUT2D eigenvalue weighted by Crippen LogP contribution is 2.62. The second kappa shape index (κ2) is 15.0. The zero-order valence-corrected chi connectivity index (χ0v) is 22.7. The highest BCUT2D eigenvalue weighted by molar-refractivity contribution is 7.61. The number of aldehydes is 1.